The largest absolute Gasteiger partial charge is 0.481 e. The smallest absolute Gasteiger partial charge is 0.307 e. The number of carboxylic acid groups (broad SMARTS) is 1. The lowest BCUT2D eigenvalue weighted by Crippen LogP contribution is -2.42. The third-order valence-corrected chi connectivity index (χ3v) is 6.37. The molecule has 10 nitrogen and oxygen atoms in total. The number of carboxylic acids is 1. The Hall–Kier alpha value is -2.31. The molecule has 14 heteroatoms. The summed E-state index contributed by atoms with van der Waals surface area (Å²) >= 11 is 19.3. The molecule has 1 atom stereocenters. The molecule has 0 amide bonds. The average Bonchev–Trinajstić information content (AvgIpc) is 3.39. The highest BCUT2D eigenvalue weighted by Gasteiger charge is 2.40. The van der Waals surface area contributed by atoms with E-state index < -0.39 is 11.6 Å². The molecule has 2 aromatic heterocycles. The van der Waals surface area contributed by atoms with E-state index in [4.69, 9.17) is 34.8 Å². The second-order valence-corrected chi connectivity index (χ2v) is 8.30. The van der Waals surface area contributed by atoms with Gasteiger partial charge in [-0.2, -0.15) is 5.43 Å². The molecular weight excluding hydrogens is 463 g/mol. The zero-order chi connectivity index (χ0) is 20.6. The van der Waals surface area contributed by atoms with Crippen LogP contribution in [0.2, 0.25) is 15.1 Å². The summed E-state index contributed by atoms with van der Waals surface area (Å²) in [7, 11) is 0. The van der Waals surface area contributed by atoms with Crippen LogP contribution in [0.3, 0.4) is 0 Å². The number of halogens is 3. The lowest BCUT2D eigenvalue weighted by atomic mass is 10.1. The Bertz CT molecular complexity index is 1090. The number of aromatic nitrogens is 4. The van der Waals surface area contributed by atoms with Crippen molar-refractivity contribution in [2.24, 2.45) is 10.3 Å². The third-order valence-electron chi connectivity index (χ3n) is 4.00. The van der Waals surface area contributed by atoms with Gasteiger partial charge in [-0.15, -0.1) is 21.5 Å². The Morgan fingerprint density at radius 2 is 2.03 bits per heavy atom. The van der Waals surface area contributed by atoms with Gasteiger partial charge in [0.05, 0.1) is 39.1 Å². The first-order chi connectivity index (χ1) is 13.9. The van der Waals surface area contributed by atoms with Gasteiger partial charge in [0, 0.05) is 6.20 Å². The molecule has 3 aromatic rings. The fourth-order valence-corrected chi connectivity index (χ4v) is 4.28. The molecule has 0 aliphatic carbocycles. The van der Waals surface area contributed by atoms with E-state index in [1.165, 1.54) is 11.3 Å². The maximum atomic E-state index is 11.2. The number of carbonyl (C=O) groups is 1. The SMILES string of the molecule is O=C(O)CC1(c2cnc(-c3cn(Cc4cc(Cl)c(Cl)c(Cl)c4)nn3)s2)N=NNN1. The Labute approximate surface area is 182 Å². The second-order valence-electron chi connectivity index (χ2n) is 6.07. The molecule has 0 saturated carbocycles. The van der Waals surface area contributed by atoms with Crippen LogP contribution in [0, 0.1) is 0 Å². The molecule has 1 unspecified atom stereocenters. The molecule has 0 bridgehead atoms. The maximum absolute atomic E-state index is 11.2. The van der Waals surface area contributed by atoms with E-state index in [9.17, 15) is 9.90 Å². The first-order valence-electron chi connectivity index (χ1n) is 8.02. The highest BCUT2D eigenvalue weighted by atomic mass is 35.5. The van der Waals surface area contributed by atoms with Crippen molar-refractivity contribution in [2.75, 3.05) is 0 Å². The van der Waals surface area contributed by atoms with Crippen LogP contribution in [0.15, 0.2) is 34.9 Å². The van der Waals surface area contributed by atoms with Crippen molar-refractivity contribution in [1.82, 2.24) is 30.9 Å². The van der Waals surface area contributed by atoms with Crippen molar-refractivity contribution in [1.29, 1.82) is 0 Å². The van der Waals surface area contributed by atoms with Crippen LogP contribution in [0.4, 0.5) is 0 Å². The molecular formula is C15H11Cl3N8O2S. The molecule has 1 aliphatic rings. The van der Waals surface area contributed by atoms with Crippen LogP contribution < -0.4 is 11.0 Å². The normalized spacial score (nSPS) is 18.2. The van der Waals surface area contributed by atoms with Gasteiger partial charge in [-0.1, -0.05) is 45.2 Å². The van der Waals surface area contributed by atoms with E-state index in [0.717, 1.165) is 5.56 Å². The van der Waals surface area contributed by atoms with Crippen molar-refractivity contribution in [3.05, 3.63) is 50.0 Å². The number of hydrogen-bond acceptors (Lipinski definition) is 9. The van der Waals surface area contributed by atoms with Crippen molar-refractivity contribution in [3.8, 4) is 10.7 Å². The lowest BCUT2D eigenvalue weighted by Gasteiger charge is -2.19. The van der Waals surface area contributed by atoms with Crippen LogP contribution in [0.25, 0.3) is 10.7 Å². The van der Waals surface area contributed by atoms with Gasteiger partial charge < -0.3 is 5.11 Å². The van der Waals surface area contributed by atoms with E-state index in [0.29, 0.717) is 37.2 Å². The fourth-order valence-electron chi connectivity index (χ4n) is 2.69. The van der Waals surface area contributed by atoms with Crippen molar-refractivity contribution in [3.63, 3.8) is 0 Å². The van der Waals surface area contributed by atoms with Crippen LogP contribution in [0.5, 0.6) is 0 Å². The molecule has 150 valence electrons. The maximum Gasteiger partial charge on any atom is 0.307 e. The lowest BCUT2D eigenvalue weighted by molar-refractivity contribution is -0.138. The quantitative estimate of drug-likeness (QED) is 0.467. The summed E-state index contributed by atoms with van der Waals surface area (Å²) in [5, 5.41) is 26.6. The monoisotopic (exact) mass is 472 g/mol. The van der Waals surface area contributed by atoms with Gasteiger partial charge in [-0.3, -0.25) is 4.79 Å². The molecule has 3 N–H and O–H groups in total. The highest BCUT2D eigenvalue weighted by Crippen LogP contribution is 2.36. The summed E-state index contributed by atoms with van der Waals surface area (Å²) in [6, 6.07) is 3.41. The summed E-state index contributed by atoms with van der Waals surface area (Å²) < 4.78 is 1.61. The minimum Gasteiger partial charge on any atom is -0.481 e. The molecule has 3 heterocycles. The van der Waals surface area contributed by atoms with Crippen LogP contribution in [0.1, 0.15) is 16.9 Å². The molecule has 0 spiro atoms. The number of benzene rings is 1. The van der Waals surface area contributed by atoms with Crippen molar-refractivity contribution in [2.45, 2.75) is 18.6 Å². The van der Waals surface area contributed by atoms with Gasteiger partial charge in [0.15, 0.2) is 5.66 Å². The molecule has 4 rings (SSSR count). The number of aliphatic carboxylic acids is 1. The van der Waals surface area contributed by atoms with Gasteiger partial charge in [0.2, 0.25) is 0 Å². The van der Waals surface area contributed by atoms with Crippen LogP contribution >= 0.6 is 46.1 Å². The predicted molar refractivity (Wildman–Crippen MR) is 107 cm³/mol. The standard InChI is InChI=1S/C15H11Cl3N8O2S/c16-8-1-7(2-9(17)13(8)18)5-26-6-10(20-25-26)14-19-4-11(29-14)15(3-12(27)28)21-23-24-22-15/h1-2,4,6H,3,5H2,(H,21,24)(H,22,23)(H,27,28). The number of rotatable bonds is 6. The van der Waals surface area contributed by atoms with Crippen LogP contribution in [-0.2, 0) is 17.0 Å². The third kappa shape index (κ3) is 4.05. The fraction of sp³-hybridized carbons (Fsp3) is 0.200. The van der Waals surface area contributed by atoms with Gasteiger partial charge in [0.25, 0.3) is 0 Å². The van der Waals surface area contributed by atoms with Gasteiger partial charge >= 0.3 is 5.97 Å². The molecule has 1 aliphatic heterocycles. The average molecular weight is 474 g/mol. The number of thiazole rings is 1. The van der Waals surface area contributed by atoms with E-state index in [-0.39, 0.29) is 6.42 Å². The van der Waals surface area contributed by atoms with Crippen LogP contribution in [-0.4, -0.2) is 31.1 Å². The summed E-state index contributed by atoms with van der Waals surface area (Å²) in [5.74, 6) is -1.03. The number of nitrogens with one attached hydrogen (secondary N) is 2. The minimum atomic E-state index is -1.21. The first kappa shape index (κ1) is 20.0. The summed E-state index contributed by atoms with van der Waals surface area (Å²) in [6.07, 6.45) is 2.96. The van der Waals surface area contributed by atoms with Gasteiger partial charge in [0.1, 0.15) is 10.7 Å². The Kier molecular flexibility index (Phi) is 5.40. The molecule has 0 saturated heterocycles. The highest BCUT2D eigenvalue weighted by molar-refractivity contribution is 7.15. The van der Waals surface area contributed by atoms with E-state index in [2.05, 4.69) is 36.6 Å². The summed E-state index contributed by atoms with van der Waals surface area (Å²) in [4.78, 5) is 16.1. The van der Waals surface area contributed by atoms with E-state index in [1.54, 1.807) is 29.2 Å². The number of hydrazine groups is 1. The minimum absolute atomic E-state index is 0.296. The molecule has 29 heavy (non-hydrogen) atoms. The number of nitrogens with zero attached hydrogens (tertiary/aromatic N) is 6. The zero-order valence-electron chi connectivity index (χ0n) is 14.3. The summed E-state index contributed by atoms with van der Waals surface area (Å²) in [5.41, 5.74) is 5.36. The van der Waals surface area contributed by atoms with Gasteiger partial charge in [-0.25, -0.2) is 15.2 Å². The van der Waals surface area contributed by atoms with E-state index in [1.807, 2.05) is 0 Å². The Morgan fingerprint density at radius 3 is 2.69 bits per heavy atom. The topological polar surface area (TPSA) is 130 Å². The van der Waals surface area contributed by atoms with Crippen molar-refractivity contribution < 1.29 is 9.90 Å². The predicted octanol–water partition coefficient (Wildman–Crippen LogP) is 3.51. The van der Waals surface area contributed by atoms with Crippen molar-refractivity contribution >= 4 is 52.1 Å². The zero-order valence-corrected chi connectivity index (χ0v) is 17.4. The Morgan fingerprint density at radius 1 is 1.28 bits per heavy atom. The molecule has 1 aromatic carbocycles. The Balaban J connectivity index is 1.56. The second kappa shape index (κ2) is 7.84. The van der Waals surface area contributed by atoms with E-state index >= 15 is 0 Å². The molecule has 0 radical (unpaired) electrons. The summed E-state index contributed by atoms with van der Waals surface area (Å²) in [6.45, 7) is 0.379. The van der Waals surface area contributed by atoms with Gasteiger partial charge in [-0.05, 0) is 17.7 Å². The number of hydrogen-bond donors (Lipinski definition) is 3. The molecule has 0 fully saturated rings. The first-order valence-corrected chi connectivity index (χ1v) is 9.97.